The van der Waals surface area contributed by atoms with Crippen molar-refractivity contribution in [3.05, 3.63) is 48.3 Å². The Bertz CT molecular complexity index is 708. The van der Waals surface area contributed by atoms with E-state index in [1.54, 1.807) is 11.8 Å². The van der Waals surface area contributed by atoms with Gasteiger partial charge in [-0.1, -0.05) is 37.3 Å². The molecule has 1 aromatic heterocycles. The van der Waals surface area contributed by atoms with Crippen LogP contribution in [0.1, 0.15) is 19.2 Å². The number of hydrogen-bond acceptors (Lipinski definition) is 4. The van der Waals surface area contributed by atoms with Gasteiger partial charge >= 0.3 is 0 Å². The van der Waals surface area contributed by atoms with Crippen LogP contribution in [0.15, 0.2) is 47.4 Å². The Morgan fingerprint density at radius 3 is 2.80 bits per heavy atom. The van der Waals surface area contributed by atoms with Gasteiger partial charge in [0.05, 0.1) is 5.75 Å². The summed E-state index contributed by atoms with van der Waals surface area (Å²) in [5.74, 6) is 1.73. The number of thioether (sulfide) groups is 1. The monoisotopic (exact) mass is 284 g/mol. The number of fused-ring (bicyclic) bond motifs is 1. The summed E-state index contributed by atoms with van der Waals surface area (Å²) in [5, 5.41) is 14.4. The highest BCUT2D eigenvalue weighted by Gasteiger charge is 2.06. The van der Waals surface area contributed by atoms with Crippen LogP contribution in [0.5, 0.6) is 0 Å². The molecule has 0 bridgehead atoms. The van der Waals surface area contributed by atoms with Crippen LogP contribution in [0.25, 0.3) is 10.8 Å². The molecular formula is C15H16N4S. The summed E-state index contributed by atoms with van der Waals surface area (Å²) in [4.78, 5) is 1.25. The first-order chi connectivity index (χ1) is 9.86. The summed E-state index contributed by atoms with van der Waals surface area (Å²) < 4.78 is 1.88. The summed E-state index contributed by atoms with van der Waals surface area (Å²) in [6.45, 7) is 3.00. The fraction of sp³-hybridized carbons (Fsp3) is 0.267. The lowest BCUT2D eigenvalue weighted by Crippen LogP contribution is -2.04. The van der Waals surface area contributed by atoms with Crippen molar-refractivity contribution in [1.29, 1.82) is 0 Å². The summed E-state index contributed by atoms with van der Waals surface area (Å²) in [7, 11) is 0. The first-order valence-electron chi connectivity index (χ1n) is 6.73. The predicted molar refractivity (Wildman–Crippen MR) is 81.6 cm³/mol. The second kappa shape index (κ2) is 6.05. The predicted octanol–water partition coefficient (Wildman–Crippen LogP) is 3.53. The molecule has 0 spiro atoms. The van der Waals surface area contributed by atoms with Crippen LogP contribution in [-0.2, 0) is 12.3 Å². The Hall–Kier alpha value is -1.88. The van der Waals surface area contributed by atoms with E-state index in [1.807, 2.05) is 4.68 Å². The topological polar surface area (TPSA) is 43.6 Å². The number of tetrazole rings is 1. The van der Waals surface area contributed by atoms with E-state index in [2.05, 4.69) is 64.9 Å². The molecule has 1 heterocycles. The molecule has 0 amide bonds. The Balaban J connectivity index is 1.74. The molecule has 0 aliphatic rings. The van der Waals surface area contributed by atoms with E-state index < -0.39 is 0 Å². The molecule has 3 rings (SSSR count). The zero-order valence-corrected chi connectivity index (χ0v) is 12.2. The van der Waals surface area contributed by atoms with Crippen LogP contribution >= 0.6 is 11.8 Å². The molecule has 2 aromatic carbocycles. The van der Waals surface area contributed by atoms with Gasteiger partial charge in [0.25, 0.3) is 0 Å². The third-order valence-corrected chi connectivity index (χ3v) is 4.12. The van der Waals surface area contributed by atoms with Gasteiger partial charge in [-0.05, 0) is 39.8 Å². The van der Waals surface area contributed by atoms with Gasteiger partial charge in [0.2, 0.25) is 0 Å². The minimum Gasteiger partial charge on any atom is -0.229 e. The van der Waals surface area contributed by atoms with Gasteiger partial charge in [0.1, 0.15) is 0 Å². The van der Waals surface area contributed by atoms with E-state index >= 15 is 0 Å². The Morgan fingerprint density at radius 2 is 1.95 bits per heavy atom. The van der Waals surface area contributed by atoms with E-state index in [-0.39, 0.29) is 0 Å². The van der Waals surface area contributed by atoms with E-state index in [4.69, 9.17) is 0 Å². The molecule has 20 heavy (non-hydrogen) atoms. The molecular weight excluding hydrogens is 268 g/mol. The number of benzene rings is 2. The molecule has 0 atom stereocenters. The number of rotatable bonds is 5. The number of aryl methyl sites for hydroxylation is 1. The molecule has 0 radical (unpaired) electrons. The van der Waals surface area contributed by atoms with Gasteiger partial charge in [-0.3, -0.25) is 0 Å². The number of nitrogens with zero attached hydrogens (tertiary/aromatic N) is 4. The third kappa shape index (κ3) is 2.82. The minimum absolute atomic E-state index is 0.797. The number of aromatic nitrogens is 4. The smallest absolute Gasteiger partial charge is 0.161 e. The zero-order chi connectivity index (χ0) is 13.8. The van der Waals surface area contributed by atoms with Crippen molar-refractivity contribution in [2.24, 2.45) is 0 Å². The van der Waals surface area contributed by atoms with E-state index in [0.29, 0.717) is 0 Å². The fourth-order valence-electron chi connectivity index (χ4n) is 2.12. The van der Waals surface area contributed by atoms with Crippen LogP contribution < -0.4 is 0 Å². The minimum atomic E-state index is 0.797. The third-order valence-electron chi connectivity index (χ3n) is 3.13. The Labute approximate surface area is 122 Å². The molecule has 0 fully saturated rings. The fourth-order valence-corrected chi connectivity index (χ4v) is 2.99. The average molecular weight is 284 g/mol. The second-order valence-corrected chi connectivity index (χ2v) is 5.66. The van der Waals surface area contributed by atoms with Crippen molar-refractivity contribution >= 4 is 22.5 Å². The second-order valence-electron chi connectivity index (χ2n) is 4.62. The number of hydrogen-bond donors (Lipinski definition) is 0. The molecule has 0 saturated heterocycles. The zero-order valence-electron chi connectivity index (χ0n) is 11.4. The van der Waals surface area contributed by atoms with Gasteiger partial charge in [-0.15, -0.1) is 16.9 Å². The first kappa shape index (κ1) is 13.1. The molecule has 0 saturated carbocycles. The highest BCUT2D eigenvalue weighted by atomic mass is 32.2. The maximum atomic E-state index is 4.09. The van der Waals surface area contributed by atoms with Crippen LogP contribution in [0.4, 0.5) is 0 Å². The lowest BCUT2D eigenvalue weighted by molar-refractivity contribution is 0.564. The molecule has 0 N–H and O–H groups in total. The van der Waals surface area contributed by atoms with E-state index in [0.717, 1.165) is 24.5 Å². The van der Waals surface area contributed by atoms with E-state index in [1.165, 1.54) is 15.7 Å². The standard InChI is InChI=1S/C15H16N4S/c1-2-9-19-15(16-17-18-19)11-20-14-8-7-12-5-3-4-6-13(12)10-14/h3-8,10H,2,9,11H2,1H3. The summed E-state index contributed by atoms with van der Waals surface area (Å²) in [6, 6.07) is 14.9. The summed E-state index contributed by atoms with van der Waals surface area (Å²) in [6.07, 6.45) is 1.04. The van der Waals surface area contributed by atoms with Crippen molar-refractivity contribution < 1.29 is 0 Å². The highest BCUT2D eigenvalue weighted by molar-refractivity contribution is 7.98. The lowest BCUT2D eigenvalue weighted by Gasteiger charge is -2.04. The molecule has 0 aliphatic heterocycles. The van der Waals surface area contributed by atoms with Crippen molar-refractivity contribution in [2.75, 3.05) is 0 Å². The Morgan fingerprint density at radius 1 is 1.10 bits per heavy atom. The lowest BCUT2D eigenvalue weighted by atomic mass is 10.1. The van der Waals surface area contributed by atoms with Crippen molar-refractivity contribution in [3.8, 4) is 0 Å². The SMILES string of the molecule is CCCn1nnnc1CSc1ccc2ccccc2c1. The molecule has 0 aliphatic carbocycles. The largest absolute Gasteiger partial charge is 0.229 e. The maximum Gasteiger partial charge on any atom is 0.161 e. The van der Waals surface area contributed by atoms with Crippen LogP contribution in [0.3, 0.4) is 0 Å². The molecule has 102 valence electrons. The van der Waals surface area contributed by atoms with Gasteiger partial charge in [-0.25, -0.2) is 4.68 Å². The summed E-state index contributed by atoms with van der Waals surface area (Å²) >= 11 is 1.77. The summed E-state index contributed by atoms with van der Waals surface area (Å²) in [5.41, 5.74) is 0. The molecule has 4 nitrogen and oxygen atoms in total. The average Bonchev–Trinajstić information content (AvgIpc) is 2.93. The first-order valence-corrected chi connectivity index (χ1v) is 7.72. The van der Waals surface area contributed by atoms with Crippen LogP contribution in [0, 0.1) is 0 Å². The van der Waals surface area contributed by atoms with Gasteiger partial charge in [0.15, 0.2) is 5.82 Å². The van der Waals surface area contributed by atoms with Crippen LogP contribution in [-0.4, -0.2) is 20.2 Å². The van der Waals surface area contributed by atoms with Crippen molar-refractivity contribution in [2.45, 2.75) is 30.5 Å². The van der Waals surface area contributed by atoms with Crippen molar-refractivity contribution in [1.82, 2.24) is 20.2 Å². The quantitative estimate of drug-likeness (QED) is 0.672. The van der Waals surface area contributed by atoms with Crippen LogP contribution in [0.2, 0.25) is 0 Å². The maximum absolute atomic E-state index is 4.09. The Kier molecular flexibility index (Phi) is 3.97. The van der Waals surface area contributed by atoms with Gasteiger partial charge < -0.3 is 0 Å². The van der Waals surface area contributed by atoms with Crippen molar-refractivity contribution in [3.63, 3.8) is 0 Å². The van der Waals surface area contributed by atoms with E-state index in [9.17, 15) is 0 Å². The molecule has 3 aromatic rings. The molecule has 5 heteroatoms. The van der Waals surface area contributed by atoms with Gasteiger partial charge in [-0.2, -0.15) is 0 Å². The van der Waals surface area contributed by atoms with Gasteiger partial charge in [0, 0.05) is 11.4 Å². The molecule has 0 unspecified atom stereocenters. The highest BCUT2D eigenvalue weighted by Crippen LogP contribution is 2.25. The normalized spacial score (nSPS) is 11.1.